The van der Waals surface area contributed by atoms with Crippen LogP contribution in [0.15, 0.2) is 30.5 Å². The zero-order valence-corrected chi connectivity index (χ0v) is 10.4. The molecule has 1 N–H and O–H groups in total. The third kappa shape index (κ3) is 2.15. The van der Waals surface area contributed by atoms with Crippen LogP contribution in [0.1, 0.15) is 18.5 Å². The zero-order valence-electron chi connectivity index (χ0n) is 9.65. The number of rotatable bonds is 3. The quantitative estimate of drug-likeness (QED) is 0.901. The normalized spacial score (nSPS) is 14.9. The molecule has 0 amide bonds. The Morgan fingerprint density at radius 3 is 2.82 bits per heavy atom. The van der Waals surface area contributed by atoms with Crippen molar-refractivity contribution in [1.82, 2.24) is 9.55 Å². The molecule has 1 aliphatic rings. The monoisotopic (exact) mass is 247 g/mol. The molecule has 1 heterocycles. The second-order valence-corrected chi connectivity index (χ2v) is 4.85. The molecule has 1 aromatic carbocycles. The van der Waals surface area contributed by atoms with Gasteiger partial charge in [-0.1, -0.05) is 23.7 Å². The largest absolute Gasteiger partial charge is 0.353 e. The zero-order chi connectivity index (χ0) is 11.8. The molecule has 0 saturated heterocycles. The summed E-state index contributed by atoms with van der Waals surface area (Å²) < 4.78 is 2.02. The van der Waals surface area contributed by atoms with Gasteiger partial charge in [-0.3, -0.25) is 4.57 Å². The minimum absolute atomic E-state index is 0.582. The van der Waals surface area contributed by atoms with Crippen molar-refractivity contribution < 1.29 is 0 Å². The molecule has 1 saturated carbocycles. The van der Waals surface area contributed by atoms with Crippen LogP contribution >= 0.6 is 11.6 Å². The first-order valence-electron chi connectivity index (χ1n) is 5.81. The summed E-state index contributed by atoms with van der Waals surface area (Å²) >= 11 is 6.22. The van der Waals surface area contributed by atoms with E-state index in [2.05, 4.69) is 10.3 Å². The van der Waals surface area contributed by atoms with Gasteiger partial charge in [-0.05, 0) is 31.9 Å². The van der Waals surface area contributed by atoms with E-state index < -0.39 is 0 Å². The minimum Gasteiger partial charge on any atom is -0.353 e. The molecule has 0 radical (unpaired) electrons. The highest BCUT2D eigenvalue weighted by atomic mass is 35.5. The molecule has 0 spiro atoms. The Kier molecular flexibility index (Phi) is 2.56. The summed E-state index contributed by atoms with van der Waals surface area (Å²) in [5.41, 5.74) is 1.96. The minimum atomic E-state index is 0.582. The summed E-state index contributed by atoms with van der Waals surface area (Å²) in [6, 6.07) is 8.40. The fourth-order valence-corrected chi connectivity index (χ4v) is 2.07. The Labute approximate surface area is 105 Å². The van der Waals surface area contributed by atoms with Crippen molar-refractivity contribution in [2.24, 2.45) is 0 Å². The van der Waals surface area contributed by atoms with E-state index in [9.17, 15) is 0 Å². The van der Waals surface area contributed by atoms with Gasteiger partial charge in [-0.15, -0.1) is 0 Å². The number of hydrogen-bond donors (Lipinski definition) is 1. The molecule has 0 aliphatic heterocycles. The number of benzene rings is 1. The molecule has 88 valence electrons. The van der Waals surface area contributed by atoms with Crippen molar-refractivity contribution in [2.75, 3.05) is 5.32 Å². The third-order valence-electron chi connectivity index (χ3n) is 2.85. The predicted molar refractivity (Wildman–Crippen MR) is 70.0 cm³/mol. The van der Waals surface area contributed by atoms with Crippen LogP contribution in [-0.4, -0.2) is 15.6 Å². The van der Waals surface area contributed by atoms with Gasteiger partial charge in [0.05, 0.1) is 16.4 Å². The molecule has 1 fully saturated rings. The van der Waals surface area contributed by atoms with E-state index in [1.807, 2.05) is 42.0 Å². The van der Waals surface area contributed by atoms with E-state index in [1.165, 1.54) is 12.8 Å². The lowest BCUT2D eigenvalue weighted by Crippen LogP contribution is -2.07. The van der Waals surface area contributed by atoms with Crippen LogP contribution in [0.4, 0.5) is 5.95 Å². The molecule has 0 unspecified atom stereocenters. The number of anilines is 1. The Balaban J connectivity index is 2.03. The SMILES string of the molecule is Cc1cn(-c2ccccc2Cl)c(NC2CC2)n1. The van der Waals surface area contributed by atoms with Crippen LogP contribution in [-0.2, 0) is 0 Å². The smallest absolute Gasteiger partial charge is 0.208 e. The van der Waals surface area contributed by atoms with E-state index in [1.54, 1.807) is 0 Å². The van der Waals surface area contributed by atoms with Crippen LogP contribution < -0.4 is 5.32 Å². The van der Waals surface area contributed by atoms with E-state index >= 15 is 0 Å². The first kappa shape index (κ1) is 10.7. The van der Waals surface area contributed by atoms with E-state index in [0.717, 1.165) is 22.4 Å². The molecule has 3 nitrogen and oxygen atoms in total. The maximum absolute atomic E-state index is 6.22. The molecule has 17 heavy (non-hydrogen) atoms. The molecule has 4 heteroatoms. The number of nitrogens with zero attached hydrogens (tertiary/aromatic N) is 2. The Bertz CT molecular complexity index is 543. The number of aromatic nitrogens is 2. The molecule has 0 atom stereocenters. The first-order chi connectivity index (χ1) is 8.24. The first-order valence-corrected chi connectivity index (χ1v) is 6.19. The van der Waals surface area contributed by atoms with Gasteiger partial charge in [0.2, 0.25) is 5.95 Å². The number of halogens is 1. The number of para-hydroxylation sites is 1. The molecule has 1 aliphatic carbocycles. The second-order valence-electron chi connectivity index (χ2n) is 4.45. The van der Waals surface area contributed by atoms with Gasteiger partial charge in [0.1, 0.15) is 0 Å². The van der Waals surface area contributed by atoms with Crippen molar-refractivity contribution in [3.63, 3.8) is 0 Å². The Morgan fingerprint density at radius 2 is 2.12 bits per heavy atom. The summed E-state index contributed by atoms with van der Waals surface area (Å²) in [5.74, 6) is 0.887. The van der Waals surface area contributed by atoms with Gasteiger partial charge in [0.15, 0.2) is 0 Å². The van der Waals surface area contributed by atoms with Crippen LogP contribution in [0.5, 0.6) is 0 Å². The fourth-order valence-electron chi connectivity index (χ4n) is 1.84. The molecular weight excluding hydrogens is 234 g/mol. The summed E-state index contributed by atoms with van der Waals surface area (Å²) in [7, 11) is 0. The highest BCUT2D eigenvalue weighted by molar-refractivity contribution is 6.32. The maximum atomic E-state index is 6.22. The van der Waals surface area contributed by atoms with Crippen molar-refractivity contribution in [2.45, 2.75) is 25.8 Å². The lowest BCUT2D eigenvalue weighted by atomic mass is 10.3. The van der Waals surface area contributed by atoms with E-state index in [0.29, 0.717) is 6.04 Å². The van der Waals surface area contributed by atoms with Gasteiger partial charge in [0.25, 0.3) is 0 Å². The molecule has 2 aromatic rings. The standard InChI is InChI=1S/C13H14ClN3/c1-9-8-17(12-5-3-2-4-11(12)14)13(15-9)16-10-6-7-10/h2-5,8,10H,6-7H2,1H3,(H,15,16). The topological polar surface area (TPSA) is 29.9 Å². The fraction of sp³-hybridized carbons (Fsp3) is 0.308. The summed E-state index contributed by atoms with van der Waals surface area (Å²) in [6.45, 7) is 1.99. The van der Waals surface area contributed by atoms with E-state index in [-0.39, 0.29) is 0 Å². The Hall–Kier alpha value is -1.48. The number of aryl methyl sites for hydroxylation is 1. The average Bonchev–Trinajstić information content (AvgIpc) is 3.03. The van der Waals surface area contributed by atoms with Crippen molar-refractivity contribution in [3.05, 3.63) is 41.2 Å². The third-order valence-corrected chi connectivity index (χ3v) is 3.17. The molecule has 3 rings (SSSR count). The van der Waals surface area contributed by atoms with Crippen molar-refractivity contribution in [3.8, 4) is 5.69 Å². The van der Waals surface area contributed by atoms with Crippen LogP contribution in [0.2, 0.25) is 5.02 Å². The lowest BCUT2D eigenvalue weighted by molar-refractivity contribution is 1.00. The number of imidazole rings is 1. The highest BCUT2D eigenvalue weighted by Gasteiger charge is 2.23. The van der Waals surface area contributed by atoms with Crippen LogP contribution in [0.3, 0.4) is 0 Å². The molecule has 1 aromatic heterocycles. The molecular formula is C13H14ClN3. The maximum Gasteiger partial charge on any atom is 0.208 e. The van der Waals surface area contributed by atoms with E-state index in [4.69, 9.17) is 11.6 Å². The lowest BCUT2D eigenvalue weighted by Gasteiger charge is -2.10. The van der Waals surface area contributed by atoms with Crippen LogP contribution in [0.25, 0.3) is 5.69 Å². The second kappa shape index (κ2) is 4.08. The van der Waals surface area contributed by atoms with Gasteiger partial charge in [0, 0.05) is 12.2 Å². The average molecular weight is 248 g/mol. The van der Waals surface area contributed by atoms with Gasteiger partial charge in [-0.2, -0.15) is 0 Å². The summed E-state index contributed by atoms with van der Waals surface area (Å²) in [5, 5.41) is 4.16. The Morgan fingerprint density at radius 1 is 1.35 bits per heavy atom. The summed E-state index contributed by atoms with van der Waals surface area (Å²) in [6.07, 6.45) is 4.47. The number of hydrogen-bond acceptors (Lipinski definition) is 2. The predicted octanol–water partition coefficient (Wildman–Crippen LogP) is 3.41. The van der Waals surface area contributed by atoms with Gasteiger partial charge in [-0.25, -0.2) is 4.98 Å². The van der Waals surface area contributed by atoms with Gasteiger partial charge < -0.3 is 5.32 Å². The molecule has 0 bridgehead atoms. The van der Waals surface area contributed by atoms with Gasteiger partial charge >= 0.3 is 0 Å². The highest BCUT2D eigenvalue weighted by Crippen LogP contribution is 2.28. The number of nitrogens with one attached hydrogen (secondary N) is 1. The van der Waals surface area contributed by atoms with Crippen LogP contribution in [0, 0.1) is 6.92 Å². The van der Waals surface area contributed by atoms with Crippen molar-refractivity contribution >= 4 is 17.5 Å². The summed E-state index contributed by atoms with van der Waals surface area (Å²) in [4.78, 5) is 4.50. The van der Waals surface area contributed by atoms with Crippen molar-refractivity contribution in [1.29, 1.82) is 0 Å².